The van der Waals surface area contributed by atoms with Crippen LogP contribution in [0.3, 0.4) is 0 Å². The average Bonchev–Trinajstić information content (AvgIpc) is 2.34. The Bertz CT molecular complexity index is 415. The Morgan fingerprint density at radius 3 is 2.52 bits per heavy atom. The second kappa shape index (κ2) is 5.36. The zero-order valence-corrected chi connectivity index (χ0v) is 11.3. The summed E-state index contributed by atoms with van der Waals surface area (Å²) in [6.07, 6.45) is -10.4. The van der Waals surface area contributed by atoms with Crippen LogP contribution in [0, 0.1) is 0 Å². The zero-order valence-electron chi connectivity index (χ0n) is 11.3. The maximum absolute atomic E-state index is 12.2. The molecule has 0 bridgehead atoms. The van der Waals surface area contributed by atoms with Gasteiger partial charge in [-0.3, -0.25) is 4.79 Å². The van der Waals surface area contributed by atoms with Crippen LogP contribution in [0.1, 0.15) is 13.8 Å². The van der Waals surface area contributed by atoms with Gasteiger partial charge in [-0.1, -0.05) is 0 Å². The van der Waals surface area contributed by atoms with Crippen molar-refractivity contribution in [3.05, 3.63) is 0 Å². The number of amides is 1. The highest BCUT2D eigenvalue weighted by Crippen LogP contribution is 2.32. The third-order valence-corrected chi connectivity index (χ3v) is 3.26. The largest absolute Gasteiger partial charge is 0.471 e. The van der Waals surface area contributed by atoms with Crippen LogP contribution in [0.15, 0.2) is 0 Å². The molecule has 0 aliphatic carbocycles. The lowest BCUT2D eigenvalue weighted by molar-refractivity contribution is -0.364. The van der Waals surface area contributed by atoms with Crippen molar-refractivity contribution in [2.45, 2.75) is 56.5 Å². The van der Waals surface area contributed by atoms with Gasteiger partial charge in [0.05, 0.1) is 6.61 Å². The van der Waals surface area contributed by atoms with Crippen molar-refractivity contribution < 1.29 is 42.4 Å². The number of nitrogens with one attached hydrogen (secondary N) is 1. The van der Waals surface area contributed by atoms with E-state index in [1.807, 2.05) is 0 Å². The summed E-state index contributed by atoms with van der Waals surface area (Å²) in [4.78, 5) is 10.9. The predicted octanol–water partition coefficient (Wildman–Crippen LogP) is -0.737. The molecule has 10 heteroatoms. The molecule has 122 valence electrons. The number of halogens is 3. The van der Waals surface area contributed by atoms with Crippen molar-refractivity contribution in [2.75, 3.05) is 6.61 Å². The van der Waals surface area contributed by atoms with Crippen LogP contribution < -0.4 is 5.32 Å². The van der Waals surface area contributed by atoms with Crippen LogP contribution in [0.25, 0.3) is 0 Å². The molecule has 2 aliphatic heterocycles. The van der Waals surface area contributed by atoms with E-state index >= 15 is 0 Å². The van der Waals surface area contributed by atoms with Crippen molar-refractivity contribution >= 4 is 5.91 Å². The van der Waals surface area contributed by atoms with Crippen LogP contribution in [0.5, 0.6) is 0 Å². The van der Waals surface area contributed by atoms with E-state index in [-0.39, 0.29) is 6.61 Å². The number of carbonyl (C=O) groups excluding carboxylic acids is 1. The minimum absolute atomic E-state index is 0.00821. The Balaban J connectivity index is 2.11. The first kappa shape index (κ1) is 16.4. The molecule has 0 aromatic heterocycles. The maximum Gasteiger partial charge on any atom is 0.471 e. The lowest BCUT2D eigenvalue weighted by atomic mass is 9.95. The lowest BCUT2D eigenvalue weighted by Gasteiger charge is -2.48. The van der Waals surface area contributed by atoms with E-state index in [1.54, 1.807) is 13.8 Å². The van der Waals surface area contributed by atoms with E-state index in [2.05, 4.69) is 0 Å². The molecule has 0 saturated carbocycles. The summed E-state index contributed by atoms with van der Waals surface area (Å²) in [5.41, 5.74) is 0. The van der Waals surface area contributed by atoms with Gasteiger partial charge in [0.2, 0.25) is 0 Å². The summed E-state index contributed by atoms with van der Waals surface area (Å²) in [6.45, 7) is 3.11. The van der Waals surface area contributed by atoms with Crippen molar-refractivity contribution in [1.82, 2.24) is 5.32 Å². The molecule has 1 unspecified atom stereocenters. The summed E-state index contributed by atoms with van der Waals surface area (Å²) in [5, 5.41) is 21.2. The normalized spacial score (nSPS) is 39.5. The zero-order chi connectivity index (χ0) is 16.0. The molecule has 2 rings (SSSR count). The van der Waals surface area contributed by atoms with Crippen LogP contribution in [0.2, 0.25) is 0 Å². The SMILES string of the molecule is CC1(C)OC[C@H]2OC(O)[C@H](NC(=O)C(F)(F)F)[C@@H](O)[C@@H]2O1. The Hall–Kier alpha value is -0.940. The van der Waals surface area contributed by atoms with E-state index in [0.717, 1.165) is 0 Å². The molecule has 2 fully saturated rings. The number of hydrogen-bond donors (Lipinski definition) is 3. The number of fused-ring (bicyclic) bond motifs is 1. The van der Waals surface area contributed by atoms with Gasteiger partial charge in [-0.15, -0.1) is 0 Å². The number of rotatable bonds is 1. The molecule has 3 N–H and O–H groups in total. The third kappa shape index (κ3) is 3.46. The molecule has 21 heavy (non-hydrogen) atoms. The van der Waals surface area contributed by atoms with Gasteiger partial charge < -0.3 is 29.7 Å². The average molecular weight is 315 g/mol. The van der Waals surface area contributed by atoms with Gasteiger partial charge in [0.1, 0.15) is 24.4 Å². The fourth-order valence-corrected chi connectivity index (χ4v) is 2.25. The first-order valence-corrected chi connectivity index (χ1v) is 6.22. The predicted molar refractivity (Wildman–Crippen MR) is 59.8 cm³/mol. The number of aliphatic hydroxyl groups is 2. The number of carbonyl (C=O) groups is 1. The summed E-state index contributed by atoms with van der Waals surface area (Å²) in [6, 6.07) is -1.66. The Morgan fingerprint density at radius 1 is 1.33 bits per heavy atom. The second-order valence-electron chi connectivity index (χ2n) is 5.35. The monoisotopic (exact) mass is 315 g/mol. The molecule has 2 aliphatic rings. The number of alkyl halides is 3. The van der Waals surface area contributed by atoms with Crippen LogP contribution in [-0.4, -0.2) is 65.3 Å². The topological polar surface area (TPSA) is 97.2 Å². The Kier molecular flexibility index (Phi) is 4.19. The van der Waals surface area contributed by atoms with Gasteiger partial charge in [-0.05, 0) is 13.8 Å². The molecule has 2 saturated heterocycles. The quantitative estimate of drug-likeness (QED) is 0.590. The van der Waals surface area contributed by atoms with Crippen LogP contribution >= 0.6 is 0 Å². The van der Waals surface area contributed by atoms with Crippen molar-refractivity contribution in [2.24, 2.45) is 0 Å². The van der Waals surface area contributed by atoms with E-state index in [9.17, 15) is 28.2 Å². The Labute approximate surface area is 118 Å². The molecule has 2 heterocycles. The highest BCUT2D eigenvalue weighted by atomic mass is 19.4. The number of ether oxygens (including phenoxy) is 3. The van der Waals surface area contributed by atoms with E-state index in [0.29, 0.717) is 0 Å². The van der Waals surface area contributed by atoms with Crippen molar-refractivity contribution in [1.29, 1.82) is 0 Å². The Morgan fingerprint density at radius 2 is 1.95 bits per heavy atom. The van der Waals surface area contributed by atoms with Gasteiger partial charge in [-0.25, -0.2) is 0 Å². The first-order chi connectivity index (χ1) is 9.51. The molecule has 0 aromatic rings. The van der Waals surface area contributed by atoms with Crippen LogP contribution in [0.4, 0.5) is 13.2 Å². The summed E-state index contributed by atoms with van der Waals surface area (Å²) >= 11 is 0. The van der Waals surface area contributed by atoms with Gasteiger partial charge in [-0.2, -0.15) is 13.2 Å². The van der Waals surface area contributed by atoms with Crippen molar-refractivity contribution in [3.63, 3.8) is 0 Å². The highest BCUT2D eigenvalue weighted by molar-refractivity contribution is 5.82. The lowest BCUT2D eigenvalue weighted by Crippen LogP contribution is -2.68. The summed E-state index contributed by atoms with van der Waals surface area (Å²) in [5.74, 6) is -3.34. The number of aliphatic hydroxyl groups excluding tert-OH is 2. The molecule has 1 amide bonds. The van der Waals surface area contributed by atoms with E-state index in [4.69, 9.17) is 14.2 Å². The molecule has 0 aromatic carbocycles. The maximum atomic E-state index is 12.2. The smallest absolute Gasteiger partial charge is 0.388 e. The molecular weight excluding hydrogens is 299 g/mol. The minimum atomic E-state index is -5.13. The molecule has 7 nitrogen and oxygen atoms in total. The molecular formula is C11H16F3NO6. The van der Waals surface area contributed by atoms with Gasteiger partial charge in [0.25, 0.3) is 0 Å². The summed E-state index contributed by atoms with van der Waals surface area (Å²) < 4.78 is 52.4. The number of hydrogen-bond acceptors (Lipinski definition) is 6. The van der Waals surface area contributed by atoms with E-state index < -0.39 is 48.5 Å². The van der Waals surface area contributed by atoms with Gasteiger partial charge in [0, 0.05) is 0 Å². The minimum Gasteiger partial charge on any atom is -0.388 e. The first-order valence-electron chi connectivity index (χ1n) is 6.22. The second-order valence-corrected chi connectivity index (χ2v) is 5.35. The summed E-state index contributed by atoms with van der Waals surface area (Å²) in [7, 11) is 0. The molecule has 0 radical (unpaired) electrons. The molecule has 5 atom stereocenters. The fourth-order valence-electron chi connectivity index (χ4n) is 2.25. The van der Waals surface area contributed by atoms with E-state index in [1.165, 1.54) is 5.32 Å². The third-order valence-electron chi connectivity index (χ3n) is 3.26. The van der Waals surface area contributed by atoms with Crippen LogP contribution in [-0.2, 0) is 19.0 Å². The van der Waals surface area contributed by atoms with Gasteiger partial charge in [0.15, 0.2) is 12.1 Å². The van der Waals surface area contributed by atoms with Crippen molar-refractivity contribution in [3.8, 4) is 0 Å². The fraction of sp³-hybridized carbons (Fsp3) is 0.909. The molecule has 0 spiro atoms. The standard InChI is InChI=1S/C11H16F3NO6/c1-10(2)19-3-4-7(21-10)6(16)5(8(17)20-4)15-9(18)11(12,13)14/h4-8,16-17H,3H2,1-2H3,(H,15,18)/t4-,5-,6-,7-,8?/m1/s1. The highest BCUT2D eigenvalue weighted by Gasteiger charge is 2.52. The van der Waals surface area contributed by atoms with Gasteiger partial charge >= 0.3 is 12.1 Å².